The van der Waals surface area contributed by atoms with Gasteiger partial charge in [0, 0.05) is 30.3 Å². The number of hydrogen-bond donors (Lipinski definition) is 1. The molecule has 0 amide bonds. The lowest BCUT2D eigenvalue weighted by Gasteiger charge is -2.27. The summed E-state index contributed by atoms with van der Waals surface area (Å²) in [6.07, 6.45) is 2.41. The van der Waals surface area contributed by atoms with Crippen LogP contribution in [-0.4, -0.2) is 19.6 Å². The number of rotatable bonds is 8. The van der Waals surface area contributed by atoms with E-state index in [1.807, 2.05) is 0 Å². The first-order valence-corrected chi connectivity index (χ1v) is 8.05. The highest BCUT2D eigenvalue weighted by Gasteiger charge is 2.10. The van der Waals surface area contributed by atoms with Gasteiger partial charge in [0.25, 0.3) is 0 Å². The van der Waals surface area contributed by atoms with Crippen molar-refractivity contribution in [1.29, 1.82) is 0 Å². The van der Waals surface area contributed by atoms with Gasteiger partial charge < -0.3 is 10.2 Å². The van der Waals surface area contributed by atoms with Crippen LogP contribution < -0.4 is 10.2 Å². The number of hydrogen-bond acceptors (Lipinski definition) is 2. The van der Waals surface area contributed by atoms with E-state index in [4.69, 9.17) is 11.6 Å². The van der Waals surface area contributed by atoms with Gasteiger partial charge in [-0.25, -0.2) is 0 Å². The van der Waals surface area contributed by atoms with Gasteiger partial charge in [0.1, 0.15) is 0 Å². The van der Waals surface area contributed by atoms with Gasteiger partial charge in [-0.1, -0.05) is 44.9 Å². The van der Waals surface area contributed by atoms with Gasteiger partial charge in [0.15, 0.2) is 0 Å². The Morgan fingerprint density at radius 3 is 2.50 bits per heavy atom. The van der Waals surface area contributed by atoms with Crippen molar-refractivity contribution < 1.29 is 0 Å². The van der Waals surface area contributed by atoms with Crippen molar-refractivity contribution in [2.24, 2.45) is 5.92 Å². The molecule has 0 heterocycles. The van der Waals surface area contributed by atoms with Crippen molar-refractivity contribution in [3.8, 4) is 0 Å². The molecule has 114 valence electrons. The minimum absolute atomic E-state index is 0.543. The molecule has 0 saturated carbocycles. The molecular formula is C17H29ClN2. The first-order valence-electron chi connectivity index (χ1n) is 7.67. The molecule has 0 spiro atoms. The Labute approximate surface area is 129 Å². The molecule has 2 nitrogen and oxygen atoms in total. The van der Waals surface area contributed by atoms with Crippen LogP contribution in [0.5, 0.6) is 0 Å². The molecule has 1 N–H and O–H groups in total. The second-order valence-corrected chi connectivity index (χ2v) is 6.46. The van der Waals surface area contributed by atoms with E-state index < -0.39 is 0 Å². The van der Waals surface area contributed by atoms with E-state index in [0.717, 1.165) is 18.1 Å². The summed E-state index contributed by atoms with van der Waals surface area (Å²) in [6.45, 7) is 10.8. The Hall–Kier alpha value is -0.730. The van der Waals surface area contributed by atoms with Crippen LogP contribution in [-0.2, 0) is 6.54 Å². The van der Waals surface area contributed by atoms with Crippen molar-refractivity contribution >= 4 is 17.3 Å². The standard InChI is InChI=1S/C17H29ClN2/c1-6-7-14(4)20(5)16-9-8-15(17(18)10-16)12-19-11-13(2)3/h8-10,13-14,19H,6-7,11-12H2,1-5H3. The first kappa shape index (κ1) is 17.3. The maximum Gasteiger partial charge on any atom is 0.0471 e. The summed E-state index contributed by atoms with van der Waals surface area (Å²) in [5.74, 6) is 0.661. The highest BCUT2D eigenvalue weighted by molar-refractivity contribution is 6.31. The van der Waals surface area contributed by atoms with E-state index in [-0.39, 0.29) is 0 Å². The SMILES string of the molecule is CCCC(C)N(C)c1ccc(CNCC(C)C)c(Cl)c1. The first-order chi connectivity index (χ1) is 9.45. The lowest BCUT2D eigenvalue weighted by molar-refractivity contribution is 0.552. The number of nitrogens with zero attached hydrogens (tertiary/aromatic N) is 1. The molecule has 0 aliphatic rings. The maximum atomic E-state index is 6.40. The lowest BCUT2D eigenvalue weighted by atomic mass is 10.1. The van der Waals surface area contributed by atoms with E-state index in [0.29, 0.717) is 12.0 Å². The predicted molar refractivity (Wildman–Crippen MR) is 90.8 cm³/mol. The van der Waals surface area contributed by atoms with Gasteiger partial charge in [-0.2, -0.15) is 0 Å². The van der Waals surface area contributed by atoms with Gasteiger partial charge >= 0.3 is 0 Å². The van der Waals surface area contributed by atoms with Crippen molar-refractivity contribution in [3.63, 3.8) is 0 Å². The van der Waals surface area contributed by atoms with Gasteiger partial charge in [-0.05, 0) is 43.5 Å². The average Bonchev–Trinajstić information content (AvgIpc) is 2.39. The van der Waals surface area contributed by atoms with Crippen molar-refractivity contribution in [1.82, 2.24) is 5.32 Å². The van der Waals surface area contributed by atoms with Crippen LogP contribution in [0.3, 0.4) is 0 Å². The fourth-order valence-corrected chi connectivity index (χ4v) is 2.50. The molecule has 20 heavy (non-hydrogen) atoms. The molecule has 0 radical (unpaired) electrons. The van der Waals surface area contributed by atoms with Gasteiger partial charge in [0.05, 0.1) is 0 Å². The number of halogens is 1. The third-order valence-corrected chi connectivity index (χ3v) is 4.03. The van der Waals surface area contributed by atoms with Crippen LogP contribution in [0.15, 0.2) is 18.2 Å². The minimum Gasteiger partial charge on any atom is -0.372 e. The molecule has 0 aliphatic heterocycles. The topological polar surface area (TPSA) is 15.3 Å². The summed E-state index contributed by atoms with van der Waals surface area (Å²) < 4.78 is 0. The Kier molecular flexibility index (Phi) is 7.39. The number of benzene rings is 1. The molecule has 0 fully saturated rings. The Morgan fingerprint density at radius 2 is 1.95 bits per heavy atom. The van der Waals surface area contributed by atoms with Crippen LogP contribution in [0.2, 0.25) is 5.02 Å². The fraction of sp³-hybridized carbons (Fsp3) is 0.647. The van der Waals surface area contributed by atoms with E-state index >= 15 is 0 Å². The van der Waals surface area contributed by atoms with Crippen LogP contribution in [0.4, 0.5) is 5.69 Å². The van der Waals surface area contributed by atoms with Crippen LogP contribution >= 0.6 is 11.6 Å². The quantitative estimate of drug-likeness (QED) is 0.747. The molecule has 0 aliphatic carbocycles. The van der Waals surface area contributed by atoms with E-state index in [1.54, 1.807) is 0 Å². The maximum absolute atomic E-state index is 6.40. The largest absolute Gasteiger partial charge is 0.372 e. The molecule has 0 bridgehead atoms. The second kappa shape index (κ2) is 8.53. The van der Waals surface area contributed by atoms with Crippen molar-refractivity contribution in [2.45, 2.75) is 53.1 Å². The van der Waals surface area contributed by atoms with Gasteiger partial charge in [-0.3, -0.25) is 0 Å². The third-order valence-electron chi connectivity index (χ3n) is 3.68. The molecule has 1 atom stereocenters. The van der Waals surface area contributed by atoms with E-state index in [1.165, 1.54) is 24.1 Å². The Bertz CT molecular complexity index is 404. The average molecular weight is 297 g/mol. The Balaban J connectivity index is 2.67. The van der Waals surface area contributed by atoms with Crippen molar-refractivity contribution in [3.05, 3.63) is 28.8 Å². The van der Waals surface area contributed by atoms with E-state index in [9.17, 15) is 0 Å². The number of anilines is 1. The predicted octanol–water partition coefficient (Wildman–Crippen LogP) is 4.71. The van der Waals surface area contributed by atoms with Crippen LogP contribution in [0, 0.1) is 5.92 Å². The summed E-state index contributed by atoms with van der Waals surface area (Å²) in [7, 11) is 2.14. The molecule has 1 rings (SSSR count). The Morgan fingerprint density at radius 1 is 1.25 bits per heavy atom. The summed E-state index contributed by atoms with van der Waals surface area (Å²) >= 11 is 6.40. The minimum atomic E-state index is 0.543. The summed E-state index contributed by atoms with van der Waals surface area (Å²) in [5.41, 5.74) is 2.37. The van der Waals surface area contributed by atoms with E-state index in [2.05, 4.69) is 63.2 Å². The molecule has 1 unspecified atom stereocenters. The van der Waals surface area contributed by atoms with Gasteiger partial charge in [-0.15, -0.1) is 0 Å². The highest BCUT2D eigenvalue weighted by Crippen LogP contribution is 2.25. The number of nitrogens with one attached hydrogen (secondary N) is 1. The zero-order valence-electron chi connectivity index (χ0n) is 13.5. The molecule has 0 aromatic heterocycles. The summed E-state index contributed by atoms with van der Waals surface area (Å²) in [5, 5.41) is 4.29. The van der Waals surface area contributed by atoms with Gasteiger partial charge in [0.2, 0.25) is 0 Å². The zero-order chi connectivity index (χ0) is 15.1. The van der Waals surface area contributed by atoms with Crippen LogP contribution in [0.25, 0.3) is 0 Å². The molecule has 0 saturated heterocycles. The molecule has 1 aromatic carbocycles. The fourth-order valence-electron chi connectivity index (χ4n) is 2.26. The van der Waals surface area contributed by atoms with Crippen molar-refractivity contribution in [2.75, 3.05) is 18.5 Å². The molecular weight excluding hydrogens is 268 g/mol. The smallest absolute Gasteiger partial charge is 0.0471 e. The lowest BCUT2D eigenvalue weighted by Crippen LogP contribution is -2.28. The summed E-state index contributed by atoms with van der Waals surface area (Å²) in [6, 6.07) is 6.94. The highest BCUT2D eigenvalue weighted by atomic mass is 35.5. The third kappa shape index (κ3) is 5.34. The van der Waals surface area contributed by atoms with Crippen LogP contribution in [0.1, 0.15) is 46.1 Å². The monoisotopic (exact) mass is 296 g/mol. The normalized spacial score (nSPS) is 12.8. The zero-order valence-corrected chi connectivity index (χ0v) is 14.3. The second-order valence-electron chi connectivity index (χ2n) is 6.05. The summed E-state index contributed by atoms with van der Waals surface area (Å²) in [4.78, 5) is 2.31. The molecule has 1 aromatic rings. The molecule has 3 heteroatoms.